The van der Waals surface area contributed by atoms with Crippen LogP contribution in [0.1, 0.15) is 23.3 Å². The molecular weight excluding hydrogens is 334 g/mol. The van der Waals surface area contributed by atoms with Crippen LogP contribution >= 0.6 is 15.9 Å². The zero-order chi connectivity index (χ0) is 14.4. The molecule has 2 aromatic rings. The number of fused-ring (bicyclic) bond motifs is 2. The molecule has 0 radical (unpaired) electrons. The van der Waals surface area contributed by atoms with Gasteiger partial charge in [0.15, 0.2) is 11.3 Å². The molecule has 2 saturated heterocycles. The second-order valence-corrected chi connectivity index (χ2v) is 6.60. The minimum atomic E-state index is 0.0168. The molecule has 110 valence electrons. The van der Waals surface area contributed by atoms with Gasteiger partial charge in [-0.1, -0.05) is 0 Å². The van der Waals surface area contributed by atoms with Gasteiger partial charge in [-0.05, 0) is 35.3 Å². The van der Waals surface area contributed by atoms with Crippen molar-refractivity contribution in [2.75, 3.05) is 26.2 Å². The third-order valence-electron chi connectivity index (χ3n) is 4.38. The van der Waals surface area contributed by atoms with Gasteiger partial charge in [-0.2, -0.15) is 5.10 Å². The Kier molecular flexibility index (Phi) is 3.19. The molecule has 1 amide bonds. The molecule has 0 spiro atoms. The van der Waals surface area contributed by atoms with E-state index in [-0.39, 0.29) is 5.91 Å². The highest BCUT2D eigenvalue weighted by Crippen LogP contribution is 2.22. The molecule has 0 aliphatic carbocycles. The lowest BCUT2D eigenvalue weighted by molar-refractivity contribution is 0.0565. The lowest BCUT2D eigenvalue weighted by Crippen LogP contribution is -2.52. The molecule has 21 heavy (non-hydrogen) atoms. The highest BCUT2D eigenvalue weighted by atomic mass is 79.9. The fraction of sp³-hybridized carbons (Fsp3) is 0.500. The van der Waals surface area contributed by atoms with Crippen LogP contribution in [0.2, 0.25) is 0 Å². The molecule has 4 rings (SSSR count). The van der Waals surface area contributed by atoms with E-state index in [2.05, 4.69) is 30.9 Å². The van der Waals surface area contributed by atoms with Crippen LogP contribution in [0.3, 0.4) is 0 Å². The molecule has 7 heteroatoms. The minimum absolute atomic E-state index is 0.0168. The van der Waals surface area contributed by atoms with Gasteiger partial charge in [0, 0.05) is 44.1 Å². The molecule has 0 N–H and O–H groups in total. The van der Waals surface area contributed by atoms with E-state index in [1.807, 2.05) is 11.1 Å². The van der Waals surface area contributed by atoms with Crippen LogP contribution in [-0.2, 0) is 0 Å². The summed E-state index contributed by atoms with van der Waals surface area (Å²) in [6.45, 7) is 3.77. The van der Waals surface area contributed by atoms with Crippen molar-refractivity contribution >= 4 is 27.5 Å². The molecule has 0 saturated carbocycles. The van der Waals surface area contributed by atoms with E-state index in [0.717, 1.165) is 24.1 Å². The molecule has 2 aliphatic heterocycles. The van der Waals surface area contributed by atoms with Crippen LogP contribution < -0.4 is 0 Å². The quantitative estimate of drug-likeness (QED) is 0.781. The summed E-state index contributed by atoms with van der Waals surface area (Å²) in [5.74, 6) is 0.0168. The summed E-state index contributed by atoms with van der Waals surface area (Å²) in [5, 5.41) is 4.35. The molecule has 0 unspecified atom stereocenters. The standard InChI is InChI=1S/C14H16BrN5O/c15-10-7-16-13-6-12(17-20(13)8-10)14(21)19-5-4-18-3-1-2-11(18)9-19/h6-8,11H,1-5,9H2/t11-/m1/s1. The molecule has 0 aromatic carbocycles. The van der Waals surface area contributed by atoms with Crippen LogP contribution in [0.5, 0.6) is 0 Å². The van der Waals surface area contributed by atoms with Crippen molar-refractivity contribution in [1.82, 2.24) is 24.4 Å². The highest BCUT2D eigenvalue weighted by molar-refractivity contribution is 9.10. The first-order valence-electron chi connectivity index (χ1n) is 7.25. The average molecular weight is 350 g/mol. The first kappa shape index (κ1) is 13.2. The van der Waals surface area contributed by atoms with Crippen molar-refractivity contribution in [2.45, 2.75) is 18.9 Å². The Morgan fingerprint density at radius 2 is 2.24 bits per heavy atom. The summed E-state index contributed by atoms with van der Waals surface area (Å²) < 4.78 is 2.49. The third kappa shape index (κ3) is 2.34. The summed E-state index contributed by atoms with van der Waals surface area (Å²) in [6.07, 6.45) is 5.97. The number of hydrogen-bond acceptors (Lipinski definition) is 4. The van der Waals surface area contributed by atoms with Crippen molar-refractivity contribution in [1.29, 1.82) is 0 Å². The van der Waals surface area contributed by atoms with Gasteiger partial charge in [0.1, 0.15) is 0 Å². The van der Waals surface area contributed by atoms with Crippen LogP contribution in [0.25, 0.3) is 5.65 Å². The molecule has 1 atom stereocenters. The summed E-state index contributed by atoms with van der Waals surface area (Å²) in [6, 6.07) is 2.29. The van der Waals surface area contributed by atoms with E-state index >= 15 is 0 Å². The first-order valence-corrected chi connectivity index (χ1v) is 8.04. The zero-order valence-electron chi connectivity index (χ0n) is 11.6. The molecule has 0 bridgehead atoms. The van der Waals surface area contributed by atoms with Crippen molar-refractivity contribution in [2.24, 2.45) is 0 Å². The Morgan fingerprint density at radius 1 is 1.33 bits per heavy atom. The summed E-state index contributed by atoms with van der Waals surface area (Å²) in [5.41, 5.74) is 1.17. The van der Waals surface area contributed by atoms with Crippen LogP contribution in [-0.4, -0.2) is 62.5 Å². The summed E-state index contributed by atoms with van der Waals surface area (Å²) in [7, 11) is 0. The van der Waals surface area contributed by atoms with Gasteiger partial charge in [0.25, 0.3) is 5.91 Å². The number of carbonyl (C=O) groups excluding carboxylic acids is 1. The number of halogens is 1. The molecule has 2 aromatic heterocycles. The third-order valence-corrected chi connectivity index (χ3v) is 4.78. The monoisotopic (exact) mass is 349 g/mol. The van der Waals surface area contributed by atoms with Gasteiger partial charge >= 0.3 is 0 Å². The largest absolute Gasteiger partial charge is 0.334 e. The number of aromatic nitrogens is 3. The van der Waals surface area contributed by atoms with Crippen molar-refractivity contribution in [3.63, 3.8) is 0 Å². The van der Waals surface area contributed by atoms with Crippen molar-refractivity contribution < 1.29 is 4.79 Å². The molecule has 6 nitrogen and oxygen atoms in total. The Hall–Kier alpha value is -1.47. The van der Waals surface area contributed by atoms with Crippen molar-refractivity contribution in [3.8, 4) is 0 Å². The predicted octanol–water partition coefficient (Wildman–Crippen LogP) is 1.41. The Balaban J connectivity index is 1.58. The zero-order valence-corrected chi connectivity index (χ0v) is 13.2. The normalized spacial score (nSPS) is 22.7. The predicted molar refractivity (Wildman–Crippen MR) is 81.2 cm³/mol. The minimum Gasteiger partial charge on any atom is -0.334 e. The maximum Gasteiger partial charge on any atom is 0.274 e. The lowest BCUT2D eigenvalue weighted by Gasteiger charge is -2.37. The average Bonchev–Trinajstić information content (AvgIpc) is 3.11. The summed E-state index contributed by atoms with van der Waals surface area (Å²) in [4.78, 5) is 21.3. The molecular formula is C14H16BrN5O. The number of nitrogens with zero attached hydrogens (tertiary/aromatic N) is 5. The Bertz CT molecular complexity index is 700. The number of hydrogen-bond donors (Lipinski definition) is 0. The van der Waals surface area contributed by atoms with Gasteiger partial charge in [-0.25, -0.2) is 9.50 Å². The fourth-order valence-corrected chi connectivity index (χ4v) is 3.59. The van der Waals surface area contributed by atoms with Crippen LogP contribution in [0.4, 0.5) is 0 Å². The van der Waals surface area contributed by atoms with Gasteiger partial charge in [0.05, 0.1) is 4.47 Å². The van der Waals surface area contributed by atoms with E-state index in [1.54, 1.807) is 16.8 Å². The van der Waals surface area contributed by atoms with Gasteiger partial charge in [-0.3, -0.25) is 9.69 Å². The van der Waals surface area contributed by atoms with Gasteiger partial charge in [-0.15, -0.1) is 0 Å². The molecule has 2 fully saturated rings. The second-order valence-electron chi connectivity index (χ2n) is 5.69. The Morgan fingerprint density at radius 3 is 3.14 bits per heavy atom. The summed E-state index contributed by atoms with van der Waals surface area (Å²) >= 11 is 3.36. The van der Waals surface area contributed by atoms with Crippen LogP contribution in [0, 0.1) is 0 Å². The number of piperazine rings is 1. The lowest BCUT2D eigenvalue weighted by atomic mass is 10.1. The molecule has 2 aliphatic rings. The van der Waals surface area contributed by atoms with E-state index in [4.69, 9.17) is 0 Å². The topological polar surface area (TPSA) is 53.7 Å². The van der Waals surface area contributed by atoms with Crippen LogP contribution in [0.15, 0.2) is 22.9 Å². The van der Waals surface area contributed by atoms with E-state index in [9.17, 15) is 4.79 Å². The number of carbonyl (C=O) groups is 1. The van der Waals surface area contributed by atoms with E-state index in [0.29, 0.717) is 17.4 Å². The number of amides is 1. The smallest absolute Gasteiger partial charge is 0.274 e. The second kappa shape index (κ2) is 5.06. The fourth-order valence-electron chi connectivity index (χ4n) is 3.30. The van der Waals surface area contributed by atoms with E-state index in [1.165, 1.54) is 19.4 Å². The van der Waals surface area contributed by atoms with Gasteiger partial charge < -0.3 is 4.90 Å². The maximum atomic E-state index is 12.6. The first-order chi connectivity index (χ1) is 10.2. The highest BCUT2D eigenvalue weighted by Gasteiger charge is 2.33. The SMILES string of the molecule is O=C(c1cc2ncc(Br)cn2n1)N1CCN2CCC[C@@H]2C1. The Labute approximate surface area is 130 Å². The molecule has 4 heterocycles. The van der Waals surface area contributed by atoms with Crippen molar-refractivity contribution in [3.05, 3.63) is 28.6 Å². The maximum absolute atomic E-state index is 12.6. The number of rotatable bonds is 1. The van der Waals surface area contributed by atoms with Gasteiger partial charge in [0.2, 0.25) is 0 Å². The van der Waals surface area contributed by atoms with E-state index < -0.39 is 0 Å².